The van der Waals surface area contributed by atoms with E-state index in [1.54, 1.807) is 19.4 Å². The molecular weight excluding hydrogens is 380 g/mol. The van der Waals surface area contributed by atoms with E-state index in [-0.39, 0.29) is 5.69 Å². The van der Waals surface area contributed by atoms with Gasteiger partial charge in [-0.2, -0.15) is 10.1 Å². The van der Waals surface area contributed by atoms with Gasteiger partial charge in [0.1, 0.15) is 11.5 Å². The van der Waals surface area contributed by atoms with Gasteiger partial charge in [-0.3, -0.25) is 9.58 Å². The minimum Gasteiger partial charge on any atom is -0.378 e. The summed E-state index contributed by atoms with van der Waals surface area (Å²) in [7, 11) is 1.68. The van der Waals surface area contributed by atoms with Crippen molar-refractivity contribution >= 4 is 11.8 Å². The van der Waals surface area contributed by atoms with Crippen LogP contribution >= 0.6 is 0 Å². The zero-order valence-electron chi connectivity index (χ0n) is 16.6. The van der Waals surface area contributed by atoms with Crippen molar-refractivity contribution in [1.82, 2.24) is 24.6 Å². The first kappa shape index (κ1) is 20.0. The maximum Gasteiger partial charge on any atom is 0.282 e. The van der Waals surface area contributed by atoms with Crippen molar-refractivity contribution in [2.75, 3.05) is 49.6 Å². The van der Waals surface area contributed by atoms with Crippen LogP contribution in [0.4, 0.5) is 20.5 Å². The fraction of sp³-hybridized carbons (Fsp3) is 0.632. The molecule has 2 aromatic heterocycles. The summed E-state index contributed by atoms with van der Waals surface area (Å²) < 4.78 is 33.1. The number of ether oxygens (including phenoxy) is 1. The lowest BCUT2D eigenvalue weighted by Crippen LogP contribution is -2.39. The van der Waals surface area contributed by atoms with Crippen LogP contribution in [0.3, 0.4) is 0 Å². The van der Waals surface area contributed by atoms with Crippen molar-refractivity contribution in [1.29, 1.82) is 0 Å². The fourth-order valence-corrected chi connectivity index (χ4v) is 3.89. The molecule has 29 heavy (non-hydrogen) atoms. The molecule has 158 valence electrons. The lowest BCUT2D eigenvalue weighted by atomic mass is 10.0. The molecule has 0 radical (unpaired) electrons. The third-order valence-corrected chi connectivity index (χ3v) is 5.41. The summed E-state index contributed by atoms with van der Waals surface area (Å²) in [4.78, 5) is 13.4. The predicted molar refractivity (Wildman–Crippen MR) is 105 cm³/mol. The summed E-state index contributed by atoms with van der Waals surface area (Å²) in [6.45, 7) is 5.20. The highest BCUT2D eigenvalue weighted by molar-refractivity contribution is 5.42. The van der Waals surface area contributed by atoms with Gasteiger partial charge >= 0.3 is 0 Å². The minimum atomic E-state index is -2.54. The van der Waals surface area contributed by atoms with E-state index in [1.165, 1.54) is 4.68 Å². The zero-order valence-corrected chi connectivity index (χ0v) is 16.6. The number of nitrogens with one attached hydrogen (secondary N) is 1. The molecule has 0 saturated carbocycles. The number of aromatic nitrogens is 4. The van der Waals surface area contributed by atoms with Crippen LogP contribution in [0.5, 0.6) is 0 Å². The van der Waals surface area contributed by atoms with Gasteiger partial charge in [0.15, 0.2) is 0 Å². The Morgan fingerprint density at radius 3 is 2.69 bits per heavy atom. The molecule has 1 N–H and O–H groups in total. The van der Waals surface area contributed by atoms with Crippen LogP contribution < -0.4 is 10.2 Å². The van der Waals surface area contributed by atoms with Crippen LogP contribution in [-0.2, 0) is 18.3 Å². The number of piperidine rings is 1. The Hall–Kier alpha value is -2.33. The normalized spacial score (nSPS) is 19.1. The van der Waals surface area contributed by atoms with E-state index in [0.717, 1.165) is 50.8 Å². The van der Waals surface area contributed by atoms with Gasteiger partial charge in [-0.05, 0) is 18.9 Å². The third kappa shape index (κ3) is 4.99. The Balaban J connectivity index is 1.30. The summed E-state index contributed by atoms with van der Waals surface area (Å²) in [6.07, 6.45) is 2.80. The zero-order chi connectivity index (χ0) is 20.2. The second kappa shape index (κ2) is 9.00. The number of likely N-dealkylation sites (tertiary alicyclic amines) is 1. The Bertz CT molecular complexity index is 802. The first-order valence-corrected chi connectivity index (χ1v) is 10.0. The summed E-state index contributed by atoms with van der Waals surface area (Å²) in [5.41, 5.74) is 0.504. The summed E-state index contributed by atoms with van der Waals surface area (Å²) in [5, 5.41) is 7.40. The number of morpholine rings is 1. The van der Waals surface area contributed by atoms with E-state index in [1.807, 2.05) is 6.07 Å². The van der Waals surface area contributed by atoms with Crippen LogP contribution in [-0.4, -0.2) is 70.1 Å². The molecule has 2 saturated heterocycles. The predicted octanol–water partition coefficient (Wildman–Crippen LogP) is 2.06. The molecule has 2 aliphatic heterocycles. The highest BCUT2D eigenvalue weighted by Gasteiger charge is 2.24. The Kier molecular flexibility index (Phi) is 6.19. The van der Waals surface area contributed by atoms with E-state index in [4.69, 9.17) is 4.74 Å². The minimum absolute atomic E-state index is 0.107. The number of nitrogens with zero attached hydrogens (tertiary/aromatic N) is 6. The van der Waals surface area contributed by atoms with Crippen molar-refractivity contribution in [3.8, 4) is 0 Å². The highest BCUT2D eigenvalue weighted by atomic mass is 19.3. The van der Waals surface area contributed by atoms with Gasteiger partial charge in [0.2, 0.25) is 5.95 Å². The van der Waals surface area contributed by atoms with E-state index < -0.39 is 6.43 Å². The number of anilines is 2. The van der Waals surface area contributed by atoms with Crippen molar-refractivity contribution < 1.29 is 13.5 Å². The Morgan fingerprint density at radius 1 is 1.21 bits per heavy atom. The monoisotopic (exact) mass is 407 g/mol. The molecule has 4 heterocycles. The molecule has 2 aliphatic rings. The highest BCUT2D eigenvalue weighted by Crippen LogP contribution is 2.24. The van der Waals surface area contributed by atoms with Crippen LogP contribution in [0, 0.1) is 0 Å². The number of hydrogen-bond donors (Lipinski definition) is 1. The summed E-state index contributed by atoms with van der Waals surface area (Å²) >= 11 is 0. The smallest absolute Gasteiger partial charge is 0.282 e. The fourth-order valence-electron chi connectivity index (χ4n) is 3.89. The number of alkyl halides is 2. The molecule has 2 fully saturated rings. The number of hydrogen-bond acceptors (Lipinski definition) is 7. The van der Waals surface area contributed by atoms with Gasteiger partial charge in [-0.25, -0.2) is 13.8 Å². The third-order valence-electron chi connectivity index (χ3n) is 5.41. The standard InChI is InChI=1S/C19H27F2N7O/c1-26-12-14(17(25-26)18(20)21)13-27-6-3-15(4-7-27)23-16-2-5-22-19(24-16)28-8-10-29-11-9-28/h2,5,12,15,18H,3-4,6-11,13H2,1H3,(H,22,23,24). The van der Waals surface area contributed by atoms with Crippen molar-refractivity contribution in [2.45, 2.75) is 31.9 Å². The van der Waals surface area contributed by atoms with E-state index in [9.17, 15) is 8.78 Å². The molecule has 0 aliphatic carbocycles. The van der Waals surface area contributed by atoms with Crippen LogP contribution in [0.25, 0.3) is 0 Å². The quantitative estimate of drug-likeness (QED) is 0.786. The Morgan fingerprint density at radius 2 is 1.97 bits per heavy atom. The van der Waals surface area contributed by atoms with Crippen LogP contribution in [0.15, 0.2) is 18.5 Å². The van der Waals surface area contributed by atoms with Crippen LogP contribution in [0.1, 0.15) is 30.5 Å². The summed E-state index contributed by atoms with van der Waals surface area (Å²) in [5.74, 6) is 1.55. The molecule has 4 rings (SSSR count). The number of halogens is 2. The van der Waals surface area contributed by atoms with Crippen molar-refractivity contribution in [2.24, 2.45) is 7.05 Å². The van der Waals surface area contributed by atoms with Gasteiger partial charge in [-0.15, -0.1) is 0 Å². The average Bonchev–Trinajstić information content (AvgIpc) is 3.11. The summed E-state index contributed by atoms with van der Waals surface area (Å²) in [6, 6.07) is 2.20. The molecule has 0 amide bonds. The number of aryl methyl sites for hydroxylation is 1. The second-order valence-electron chi connectivity index (χ2n) is 7.55. The molecule has 10 heteroatoms. The lowest BCUT2D eigenvalue weighted by Gasteiger charge is -2.32. The molecule has 0 bridgehead atoms. The molecular formula is C19H27F2N7O. The molecule has 0 unspecified atom stereocenters. The molecule has 2 aromatic rings. The maximum absolute atomic E-state index is 13.1. The topological polar surface area (TPSA) is 71.3 Å². The van der Waals surface area contributed by atoms with E-state index >= 15 is 0 Å². The first-order valence-electron chi connectivity index (χ1n) is 10.0. The van der Waals surface area contributed by atoms with Gasteiger partial charge < -0.3 is 15.0 Å². The van der Waals surface area contributed by atoms with E-state index in [2.05, 4.69) is 30.2 Å². The Labute approximate surface area is 168 Å². The molecule has 0 atom stereocenters. The van der Waals surface area contributed by atoms with E-state index in [0.29, 0.717) is 31.4 Å². The lowest BCUT2D eigenvalue weighted by molar-refractivity contribution is 0.122. The second-order valence-corrected chi connectivity index (χ2v) is 7.55. The largest absolute Gasteiger partial charge is 0.378 e. The molecule has 0 spiro atoms. The SMILES string of the molecule is Cn1cc(CN2CCC(Nc3ccnc(N4CCOCC4)n3)CC2)c(C(F)F)n1. The molecule has 0 aromatic carbocycles. The van der Waals surface area contributed by atoms with Gasteiger partial charge in [0.25, 0.3) is 6.43 Å². The molecule has 8 nitrogen and oxygen atoms in total. The average molecular weight is 407 g/mol. The van der Waals surface area contributed by atoms with Crippen LogP contribution in [0.2, 0.25) is 0 Å². The van der Waals surface area contributed by atoms with Gasteiger partial charge in [0, 0.05) is 63.8 Å². The maximum atomic E-state index is 13.1. The van der Waals surface area contributed by atoms with Gasteiger partial charge in [-0.1, -0.05) is 0 Å². The first-order chi connectivity index (χ1) is 14.1. The van der Waals surface area contributed by atoms with Crippen molar-refractivity contribution in [3.05, 3.63) is 29.7 Å². The van der Waals surface area contributed by atoms with Crippen molar-refractivity contribution in [3.63, 3.8) is 0 Å². The van der Waals surface area contributed by atoms with Gasteiger partial charge in [0.05, 0.1) is 13.2 Å². The number of rotatable bonds is 6.